The number of rotatable bonds is 6. The minimum Gasteiger partial charge on any atom is -0.497 e. The Kier molecular flexibility index (Phi) is 6.15. The van der Waals surface area contributed by atoms with Gasteiger partial charge in [-0.15, -0.1) is 5.10 Å². The minimum atomic E-state index is -4.10. The van der Waals surface area contributed by atoms with Gasteiger partial charge in [0.2, 0.25) is 5.91 Å². The molecule has 3 aromatic carbocycles. The Balaban J connectivity index is 1.70. The second kappa shape index (κ2) is 9.01. The topological polar surface area (TPSA) is 106 Å². The molecule has 32 heavy (non-hydrogen) atoms. The summed E-state index contributed by atoms with van der Waals surface area (Å²) >= 11 is 1.27. The first-order valence-electron chi connectivity index (χ1n) is 9.56. The van der Waals surface area contributed by atoms with Gasteiger partial charge in [-0.1, -0.05) is 42.1 Å². The number of methoxy groups -OCH3 is 1. The van der Waals surface area contributed by atoms with Crippen molar-refractivity contribution in [1.82, 2.24) is 5.32 Å². The molecule has 0 spiro atoms. The molecular formula is C22H19N3O5S2. The van der Waals surface area contributed by atoms with Crippen molar-refractivity contribution in [1.29, 1.82) is 0 Å². The molecule has 0 aliphatic carbocycles. The summed E-state index contributed by atoms with van der Waals surface area (Å²) in [5.74, 6) is 0.511. The summed E-state index contributed by atoms with van der Waals surface area (Å²) in [4.78, 5) is 11.6. The number of nitrogens with one attached hydrogen (secondary N) is 1. The van der Waals surface area contributed by atoms with Crippen molar-refractivity contribution in [2.75, 3.05) is 7.11 Å². The molecule has 8 nitrogen and oxygen atoms in total. The van der Waals surface area contributed by atoms with Gasteiger partial charge in [-0.2, -0.15) is 13.5 Å². The van der Waals surface area contributed by atoms with Crippen LogP contribution in [0.1, 0.15) is 12.5 Å². The number of hydrogen-bond acceptors (Lipinski definition) is 8. The monoisotopic (exact) mass is 469 g/mol. The van der Waals surface area contributed by atoms with Crippen LogP contribution < -0.4 is 14.2 Å². The van der Waals surface area contributed by atoms with Crippen molar-refractivity contribution in [3.05, 3.63) is 66.2 Å². The first kappa shape index (κ1) is 21.8. The summed E-state index contributed by atoms with van der Waals surface area (Å²) < 4.78 is 36.3. The van der Waals surface area contributed by atoms with Gasteiger partial charge in [0.25, 0.3) is 0 Å². The van der Waals surface area contributed by atoms with E-state index in [9.17, 15) is 13.2 Å². The van der Waals surface area contributed by atoms with E-state index in [1.807, 2.05) is 24.3 Å². The molecule has 0 radical (unpaired) electrons. The molecular weight excluding hydrogens is 450 g/mol. The second-order valence-corrected chi connectivity index (χ2v) is 9.69. The highest BCUT2D eigenvalue weighted by molar-refractivity contribution is 8.15. The van der Waals surface area contributed by atoms with Gasteiger partial charge in [-0.05, 0) is 48.0 Å². The maximum absolute atomic E-state index is 12.9. The number of hydrogen-bond donors (Lipinski definition) is 1. The summed E-state index contributed by atoms with van der Waals surface area (Å²) in [5.41, 5.74) is 0.451. The fourth-order valence-electron chi connectivity index (χ4n) is 3.04. The highest BCUT2D eigenvalue weighted by Gasteiger charge is 2.25. The fraction of sp³-hybridized carbons (Fsp3) is 0.136. The van der Waals surface area contributed by atoms with E-state index in [1.54, 1.807) is 31.2 Å². The lowest BCUT2D eigenvalue weighted by Crippen LogP contribution is -2.23. The number of amides is 1. The van der Waals surface area contributed by atoms with Crippen LogP contribution in [0, 0.1) is 0 Å². The zero-order valence-corrected chi connectivity index (χ0v) is 18.8. The molecule has 0 bridgehead atoms. The molecule has 1 unspecified atom stereocenters. The van der Waals surface area contributed by atoms with Crippen molar-refractivity contribution in [2.45, 2.75) is 17.1 Å². The first-order valence-corrected chi connectivity index (χ1v) is 11.8. The molecule has 1 heterocycles. The maximum Gasteiger partial charge on any atom is 0.339 e. The van der Waals surface area contributed by atoms with Crippen LogP contribution in [0.5, 0.6) is 11.5 Å². The van der Waals surface area contributed by atoms with Crippen LogP contribution >= 0.6 is 11.8 Å². The maximum atomic E-state index is 12.9. The van der Waals surface area contributed by atoms with Gasteiger partial charge in [-0.25, -0.2) is 0 Å². The Morgan fingerprint density at radius 2 is 1.81 bits per heavy atom. The van der Waals surface area contributed by atoms with Crippen molar-refractivity contribution >= 4 is 49.9 Å². The van der Waals surface area contributed by atoms with Crippen LogP contribution in [0.25, 0.3) is 10.8 Å². The molecule has 1 aliphatic rings. The SMILES string of the molecule is COc1ccc(S(=O)(=O)Oc2ccc3ccccc3c2C=N/N=C2/NC(=O)C(C)S2)cc1. The van der Waals surface area contributed by atoms with Crippen LogP contribution in [-0.4, -0.2) is 38.1 Å². The van der Waals surface area contributed by atoms with Crippen LogP contribution in [0.4, 0.5) is 0 Å². The predicted octanol–water partition coefficient (Wildman–Crippen LogP) is 3.56. The highest BCUT2D eigenvalue weighted by Crippen LogP contribution is 2.30. The van der Waals surface area contributed by atoms with E-state index in [1.165, 1.54) is 37.2 Å². The molecule has 1 atom stereocenters. The van der Waals surface area contributed by atoms with E-state index in [0.29, 0.717) is 16.5 Å². The van der Waals surface area contributed by atoms with E-state index in [2.05, 4.69) is 15.5 Å². The molecule has 3 aromatic rings. The lowest BCUT2D eigenvalue weighted by Gasteiger charge is -2.12. The quantitative estimate of drug-likeness (QED) is 0.336. The van der Waals surface area contributed by atoms with Crippen LogP contribution in [0.15, 0.2) is 75.8 Å². The van der Waals surface area contributed by atoms with E-state index < -0.39 is 10.1 Å². The molecule has 1 saturated heterocycles. The van der Waals surface area contributed by atoms with Crippen LogP contribution in [-0.2, 0) is 14.9 Å². The number of carbonyl (C=O) groups excluding carboxylic acids is 1. The van der Waals surface area contributed by atoms with Gasteiger partial charge in [0.1, 0.15) is 10.6 Å². The zero-order valence-electron chi connectivity index (χ0n) is 17.2. The Morgan fingerprint density at radius 1 is 1.06 bits per heavy atom. The molecule has 1 amide bonds. The third kappa shape index (κ3) is 4.61. The van der Waals surface area contributed by atoms with Gasteiger partial charge >= 0.3 is 10.1 Å². The third-order valence-corrected chi connectivity index (χ3v) is 6.92. The lowest BCUT2D eigenvalue weighted by molar-refractivity contribution is -0.118. The largest absolute Gasteiger partial charge is 0.497 e. The number of amidine groups is 1. The number of carbonyl (C=O) groups is 1. The Labute approximate surface area is 189 Å². The average molecular weight is 470 g/mol. The molecule has 0 aromatic heterocycles. The van der Waals surface area contributed by atoms with E-state index in [-0.39, 0.29) is 21.8 Å². The van der Waals surface area contributed by atoms with E-state index in [4.69, 9.17) is 8.92 Å². The van der Waals surface area contributed by atoms with Gasteiger partial charge in [-0.3, -0.25) is 4.79 Å². The molecule has 10 heteroatoms. The molecule has 1 aliphatic heterocycles. The van der Waals surface area contributed by atoms with Gasteiger partial charge in [0.05, 0.1) is 18.6 Å². The average Bonchev–Trinajstić information content (AvgIpc) is 3.12. The van der Waals surface area contributed by atoms with Gasteiger partial charge in [0.15, 0.2) is 10.9 Å². The van der Waals surface area contributed by atoms with Crippen molar-refractivity contribution in [3.63, 3.8) is 0 Å². The van der Waals surface area contributed by atoms with Crippen molar-refractivity contribution in [3.8, 4) is 11.5 Å². The van der Waals surface area contributed by atoms with Crippen molar-refractivity contribution < 1.29 is 22.1 Å². The van der Waals surface area contributed by atoms with Crippen molar-refractivity contribution in [2.24, 2.45) is 10.2 Å². The normalized spacial score (nSPS) is 17.8. The Bertz CT molecular complexity index is 1340. The van der Waals surface area contributed by atoms with E-state index in [0.717, 1.165) is 10.8 Å². The smallest absolute Gasteiger partial charge is 0.339 e. The molecule has 1 N–H and O–H groups in total. The summed E-state index contributed by atoms with van der Waals surface area (Å²) in [6.45, 7) is 1.77. The predicted molar refractivity (Wildman–Crippen MR) is 125 cm³/mol. The summed E-state index contributed by atoms with van der Waals surface area (Å²) in [6, 6.07) is 16.7. The molecule has 4 rings (SSSR count). The zero-order chi connectivity index (χ0) is 22.7. The van der Waals surface area contributed by atoms with Crippen LogP contribution in [0.2, 0.25) is 0 Å². The molecule has 0 saturated carbocycles. The number of thioether (sulfide) groups is 1. The summed E-state index contributed by atoms with van der Waals surface area (Å²) in [7, 11) is -2.60. The number of nitrogens with zero attached hydrogens (tertiary/aromatic N) is 2. The summed E-state index contributed by atoms with van der Waals surface area (Å²) in [5, 5.41) is 12.5. The molecule has 1 fully saturated rings. The highest BCUT2D eigenvalue weighted by atomic mass is 32.2. The molecule has 164 valence electrons. The van der Waals surface area contributed by atoms with Gasteiger partial charge < -0.3 is 14.2 Å². The van der Waals surface area contributed by atoms with Crippen LogP contribution in [0.3, 0.4) is 0 Å². The standard InChI is InChI=1S/C22H19N3O5S2/c1-14-21(26)24-22(31-14)25-23-13-19-18-6-4-3-5-15(18)7-12-20(19)30-32(27,28)17-10-8-16(29-2)9-11-17/h3-14H,1-2H3,(H,24,25,26). The van der Waals surface area contributed by atoms with E-state index >= 15 is 0 Å². The number of ether oxygens (including phenoxy) is 1. The lowest BCUT2D eigenvalue weighted by atomic mass is 10.0. The number of fused-ring (bicyclic) bond motifs is 1. The number of benzene rings is 3. The Hall–Kier alpha value is -3.37. The fourth-order valence-corrected chi connectivity index (χ4v) is 4.74. The summed E-state index contributed by atoms with van der Waals surface area (Å²) in [6.07, 6.45) is 1.42. The third-order valence-electron chi connectivity index (χ3n) is 4.70. The Morgan fingerprint density at radius 3 is 2.50 bits per heavy atom. The first-order chi connectivity index (χ1) is 15.4. The minimum absolute atomic E-state index is 0.00588. The second-order valence-electron chi connectivity index (χ2n) is 6.81. The van der Waals surface area contributed by atoms with Gasteiger partial charge in [0, 0.05) is 5.56 Å².